The van der Waals surface area contributed by atoms with Gasteiger partial charge in [0.2, 0.25) is 0 Å². The van der Waals surface area contributed by atoms with Gasteiger partial charge in [-0.05, 0) is 0 Å². The van der Waals surface area contributed by atoms with Crippen molar-refractivity contribution in [2.45, 2.75) is 0 Å². The van der Waals surface area contributed by atoms with Gasteiger partial charge in [0.15, 0.2) is 0 Å². The Morgan fingerprint density at radius 3 is 2.00 bits per heavy atom. The molecule has 0 fully saturated rings. The van der Waals surface area contributed by atoms with E-state index in [1.807, 2.05) is 6.07 Å². The molecule has 58 valence electrons. The first-order valence-corrected chi connectivity index (χ1v) is 3.23. The van der Waals surface area contributed by atoms with Crippen molar-refractivity contribution in [1.29, 1.82) is 0 Å². The van der Waals surface area contributed by atoms with E-state index >= 15 is 0 Å². The van der Waals surface area contributed by atoms with Gasteiger partial charge in [0, 0.05) is 29.5 Å². The molecule has 11 heavy (non-hydrogen) atoms. The molecular weight excluding hydrogens is 300 g/mol. The second kappa shape index (κ2) is 6.31. The first kappa shape index (κ1) is 14.3. The minimum atomic E-state index is 0. The van der Waals surface area contributed by atoms with Crippen LogP contribution < -0.4 is 0 Å². The van der Waals surface area contributed by atoms with Crippen LogP contribution in [0, 0.1) is 6.92 Å². The summed E-state index contributed by atoms with van der Waals surface area (Å²) in [6.07, 6.45) is 0. The molecule has 0 radical (unpaired) electrons. The van der Waals surface area contributed by atoms with Crippen molar-refractivity contribution in [2.24, 2.45) is 0 Å². The second-order valence-corrected chi connectivity index (χ2v) is 2.56. The number of hydrogen-bond acceptors (Lipinski definition) is 0. The van der Waals surface area contributed by atoms with Crippen LogP contribution in [-0.2, 0) is 19.5 Å². The molecule has 0 amide bonds. The average molecular weight is 306 g/mol. The van der Waals surface area contributed by atoms with E-state index in [1.165, 1.54) is 0 Å². The van der Waals surface area contributed by atoms with Gasteiger partial charge in [-0.3, -0.25) is 0 Å². The summed E-state index contributed by atoms with van der Waals surface area (Å²) in [5.74, 6) is 0. The summed E-state index contributed by atoms with van der Waals surface area (Å²) in [6.45, 7) is 3.68. The van der Waals surface area contributed by atoms with Crippen LogP contribution in [0.3, 0.4) is 0 Å². The zero-order chi connectivity index (χ0) is 6.85. The third-order valence-electron chi connectivity index (χ3n) is 0.984. The Balaban J connectivity index is 0. The molecule has 0 heterocycles. The molecule has 0 N–H and O–H groups in total. The zero-order valence-corrected chi connectivity index (χ0v) is 12.0. The summed E-state index contributed by atoms with van der Waals surface area (Å²) in [6, 6.07) is 5.27. The number of benzene rings is 1. The number of rotatable bonds is 0. The molecule has 0 bridgehead atoms. The van der Waals surface area contributed by atoms with Gasteiger partial charge in [-0.2, -0.15) is 18.6 Å². The Hall–Kier alpha value is 0.773. The van der Waals surface area contributed by atoms with Gasteiger partial charge in [0.1, 0.15) is 0 Å². The Morgan fingerprint density at radius 1 is 1.09 bits per heavy atom. The average Bonchev–Trinajstić information content (AvgIpc) is 1.80. The first-order valence-electron chi connectivity index (χ1n) is 2.47. The maximum absolute atomic E-state index is 5.64. The standard InChI is InChI=1S/C7H5Cl2.BrH.Zn/c1-5-2-3-6(8)7(9)4-5;;/h2-4H,1H2;1H;/q-1;;. The van der Waals surface area contributed by atoms with E-state index < -0.39 is 0 Å². The van der Waals surface area contributed by atoms with Gasteiger partial charge in [-0.15, -0.1) is 23.0 Å². The third kappa shape index (κ3) is 4.37. The van der Waals surface area contributed by atoms with Crippen molar-refractivity contribution in [3.8, 4) is 0 Å². The Kier molecular flexibility index (Phi) is 8.20. The van der Waals surface area contributed by atoms with E-state index in [0.29, 0.717) is 10.0 Å². The van der Waals surface area contributed by atoms with Crippen molar-refractivity contribution >= 4 is 40.2 Å². The molecular formula is C7H6BrCl2Zn-. The minimum absolute atomic E-state index is 0. The molecule has 0 aliphatic rings. The van der Waals surface area contributed by atoms with E-state index in [4.69, 9.17) is 23.2 Å². The largest absolute Gasteiger partial charge is 0.199 e. The Morgan fingerprint density at radius 2 is 1.64 bits per heavy atom. The van der Waals surface area contributed by atoms with Crippen LogP contribution in [0.4, 0.5) is 0 Å². The summed E-state index contributed by atoms with van der Waals surface area (Å²) < 4.78 is 0. The number of halogens is 3. The molecule has 4 heteroatoms. The fourth-order valence-electron chi connectivity index (χ4n) is 0.540. The minimum Gasteiger partial charge on any atom is -0.199 e. The molecule has 0 nitrogen and oxygen atoms in total. The van der Waals surface area contributed by atoms with Crippen LogP contribution in [0.25, 0.3) is 0 Å². The summed E-state index contributed by atoms with van der Waals surface area (Å²) >= 11 is 11.3. The van der Waals surface area contributed by atoms with E-state index in [2.05, 4.69) is 6.92 Å². The van der Waals surface area contributed by atoms with E-state index in [1.54, 1.807) is 12.1 Å². The molecule has 0 aromatic heterocycles. The van der Waals surface area contributed by atoms with Crippen molar-refractivity contribution in [2.75, 3.05) is 0 Å². The molecule has 0 aliphatic carbocycles. The van der Waals surface area contributed by atoms with Crippen molar-refractivity contribution in [3.63, 3.8) is 0 Å². The van der Waals surface area contributed by atoms with E-state index in [0.717, 1.165) is 5.56 Å². The van der Waals surface area contributed by atoms with Crippen LogP contribution in [0.2, 0.25) is 10.0 Å². The predicted molar refractivity (Wildman–Crippen MR) is 51.2 cm³/mol. The molecule has 1 aromatic carbocycles. The SMILES string of the molecule is Br.[CH2-]c1ccc(Cl)c(Cl)c1.[Zn]. The smallest absolute Gasteiger partial charge is 0.0348 e. The van der Waals surface area contributed by atoms with Crippen LogP contribution in [-0.4, -0.2) is 0 Å². The number of hydrogen-bond donors (Lipinski definition) is 0. The fourth-order valence-corrected chi connectivity index (χ4v) is 0.860. The van der Waals surface area contributed by atoms with Crippen LogP contribution >= 0.6 is 40.2 Å². The summed E-state index contributed by atoms with van der Waals surface area (Å²) in [7, 11) is 0. The van der Waals surface area contributed by atoms with Gasteiger partial charge in [-0.25, -0.2) is 0 Å². The van der Waals surface area contributed by atoms with Crippen LogP contribution in [0.15, 0.2) is 18.2 Å². The molecule has 0 spiro atoms. The van der Waals surface area contributed by atoms with Gasteiger partial charge in [0.25, 0.3) is 0 Å². The summed E-state index contributed by atoms with van der Waals surface area (Å²) in [5.41, 5.74) is 0.879. The molecule has 0 atom stereocenters. The van der Waals surface area contributed by atoms with Crippen molar-refractivity contribution < 1.29 is 19.5 Å². The summed E-state index contributed by atoms with van der Waals surface area (Å²) in [5, 5.41) is 1.13. The molecule has 1 rings (SSSR count). The van der Waals surface area contributed by atoms with Crippen molar-refractivity contribution in [3.05, 3.63) is 40.7 Å². The summed E-state index contributed by atoms with van der Waals surface area (Å²) in [4.78, 5) is 0. The molecule has 0 unspecified atom stereocenters. The predicted octanol–water partition coefficient (Wildman–Crippen LogP) is 3.75. The first-order chi connectivity index (χ1) is 4.20. The molecule has 0 aliphatic heterocycles. The Bertz CT molecular complexity index is 228. The molecule has 0 saturated heterocycles. The quantitative estimate of drug-likeness (QED) is 0.506. The van der Waals surface area contributed by atoms with Gasteiger partial charge < -0.3 is 0 Å². The van der Waals surface area contributed by atoms with Gasteiger partial charge >= 0.3 is 0 Å². The third-order valence-corrected chi connectivity index (χ3v) is 1.72. The zero-order valence-electron chi connectivity index (χ0n) is 5.81. The maximum Gasteiger partial charge on any atom is 0.0348 e. The molecule has 1 aromatic rings. The Labute approximate surface area is 99.8 Å². The normalized spacial score (nSPS) is 7.82. The monoisotopic (exact) mass is 303 g/mol. The van der Waals surface area contributed by atoms with Crippen LogP contribution in [0.5, 0.6) is 0 Å². The van der Waals surface area contributed by atoms with Gasteiger partial charge in [-0.1, -0.05) is 29.3 Å². The maximum atomic E-state index is 5.64. The van der Waals surface area contributed by atoms with Gasteiger partial charge in [0.05, 0.1) is 0 Å². The molecule has 0 saturated carbocycles. The fraction of sp³-hybridized carbons (Fsp3) is 0. The topological polar surface area (TPSA) is 0 Å². The van der Waals surface area contributed by atoms with Crippen molar-refractivity contribution in [1.82, 2.24) is 0 Å². The second-order valence-electron chi connectivity index (χ2n) is 1.75. The van der Waals surface area contributed by atoms with E-state index in [9.17, 15) is 0 Å². The van der Waals surface area contributed by atoms with E-state index in [-0.39, 0.29) is 36.5 Å². The van der Waals surface area contributed by atoms with Crippen LogP contribution in [0.1, 0.15) is 5.56 Å².